The highest BCUT2D eigenvalue weighted by molar-refractivity contribution is 5.91. The summed E-state index contributed by atoms with van der Waals surface area (Å²) in [5.41, 5.74) is 1.94. The predicted molar refractivity (Wildman–Crippen MR) is 68.4 cm³/mol. The number of nitrogens with one attached hydrogen (secondary N) is 1. The highest BCUT2D eigenvalue weighted by Crippen LogP contribution is 2.38. The Hall–Kier alpha value is -1.77. The van der Waals surface area contributed by atoms with Crippen molar-refractivity contribution in [1.29, 1.82) is 0 Å². The Morgan fingerprint density at radius 3 is 2.88 bits per heavy atom. The van der Waals surface area contributed by atoms with Crippen LogP contribution in [0.1, 0.15) is 31.2 Å². The van der Waals surface area contributed by atoms with Crippen molar-refractivity contribution >= 4 is 11.6 Å². The number of hydrogen-bond acceptors (Lipinski definition) is 2. The summed E-state index contributed by atoms with van der Waals surface area (Å²) >= 11 is 0. The lowest BCUT2D eigenvalue weighted by Gasteiger charge is -2.17. The maximum atomic E-state index is 11.3. The summed E-state index contributed by atoms with van der Waals surface area (Å²) in [5, 5.41) is 2.87. The summed E-state index contributed by atoms with van der Waals surface area (Å²) in [5.74, 6) is 1.03. The number of rotatable bonds is 3. The molecule has 1 unspecified atom stereocenters. The zero-order chi connectivity index (χ0) is 12.3. The van der Waals surface area contributed by atoms with E-state index >= 15 is 0 Å². The van der Waals surface area contributed by atoms with Crippen molar-refractivity contribution in [1.82, 2.24) is 0 Å². The van der Waals surface area contributed by atoms with E-state index in [1.807, 2.05) is 18.2 Å². The van der Waals surface area contributed by atoms with Gasteiger partial charge in [-0.3, -0.25) is 4.79 Å². The predicted octanol–water partition coefficient (Wildman–Crippen LogP) is 3.09. The number of carbonyl (C=O) groups excluding carboxylic acids is 1. The molecule has 0 aromatic heterocycles. The molecule has 0 fully saturated rings. The minimum Gasteiger partial charge on any atom is -0.495 e. The first kappa shape index (κ1) is 11.7. The maximum Gasteiger partial charge on any atom is 0.221 e. The molecule has 1 aliphatic rings. The summed E-state index contributed by atoms with van der Waals surface area (Å²) in [6, 6.07) is 5.88. The molecule has 1 atom stereocenters. The van der Waals surface area contributed by atoms with Crippen LogP contribution >= 0.6 is 0 Å². The number of allylic oxidation sites excluding steroid dienone is 2. The SMILES string of the molecule is COc1cccc(C2C=CCC2)c1NC(C)=O. The van der Waals surface area contributed by atoms with E-state index in [9.17, 15) is 4.79 Å². The van der Waals surface area contributed by atoms with Gasteiger partial charge in [-0.25, -0.2) is 0 Å². The van der Waals surface area contributed by atoms with Gasteiger partial charge in [0.2, 0.25) is 5.91 Å². The van der Waals surface area contributed by atoms with Crippen molar-refractivity contribution in [3.05, 3.63) is 35.9 Å². The van der Waals surface area contributed by atoms with E-state index in [0.717, 1.165) is 29.8 Å². The fourth-order valence-electron chi connectivity index (χ4n) is 2.23. The highest BCUT2D eigenvalue weighted by Gasteiger charge is 2.18. The Labute approximate surface area is 101 Å². The van der Waals surface area contributed by atoms with Gasteiger partial charge in [-0.05, 0) is 24.5 Å². The molecule has 0 saturated carbocycles. The Morgan fingerprint density at radius 2 is 2.29 bits per heavy atom. The quantitative estimate of drug-likeness (QED) is 0.812. The van der Waals surface area contributed by atoms with Crippen LogP contribution in [0.5, 0.6) is 5.75 Å². The van der Waals surface area contributed by atoms with E-state index in [-0.39, 0.29) is 5.91 Å². The van der Waals surface area contributed by atoms with Crippen molar-refractivity contribution in [2.24, 2.45) is 0 Å². The van der Waals surface area contributed by atoms with E-state index in [1.165, 1.54) is 6.92 Å². The average molecular weight is 231 g/mol. The third kappa shape index (κ3) is 2.49. The van der Waals surface area contributed by atoms with Crippen molar-refractivity contribution in [2.75, 3.05) is 12.4 Å². The Morgan fingerprint density at radius 1 is 1.47 bits per heavy atom. The second kappa shape index (κ2) is 5.04. The first-order chi connectivity index (χ1) is 8.22. The van der Waals surface area contributed by atoms with Crippen LogP contribution < -0.4 is 10.1 Å². The van der Waals surface area contributed by atoms with Crippen LogP contribution in [0.3, 0.4) is 0 Å². The molecule has 3 heteroatoms. The van der Waals surface area contributed by atoms with Crippen molar-refractivity contribution in [3.8, 4) is 5.75 Å². The zero-order valence-electron chi connectivity index (χ0n) is 10.2. The monoisotopic (exact) mass is 231 g/mol. The maximum absolute atomic E-state index is 11.3. The number of methoxy groups -OCH3 is 1. The van der Waals surface area contributed by atoms with E-state index in [4.69, 9.17) is 4.74 Å². The lowest BCUT2D eigenvalue weighted by molar-refractivity contribution is -0.114. The van der Waals surface area contributed by atoms with E-state index in [0.29, 0.717) is 5.92 Å². The minimum absolute atomic E-state index is 0.0715. The van der Waals surface area contributed by atoms with Gasteiger partial charge < -0.3 is 10.1 Å². The molecule has 0 aliphatic heterocycles. The van der Waals surface area contributed by atoms with Crippen LogP contribution in [0.25, 0.3) is 0 Å². The summed E-state index contributed by atoms with van der Waals surface area (Å²) in [6.07, 6.45) is 6.57. The van der Waals surface area contributed by atoms with Gasteiger partial charge in [-0.15, -0.1) is 0 Å². The van der Waals surface area contributed by atoms with Gasteiger partial charge in [-0.2, -0.15) is 0 Å². The Balaban J connectivity index is 2.41. The first-order valence-electron chi connectivity index (χ1n) is 5.83. The molecule has 90 valence electrons. The lowest BCUT2D eigenvalue weighted by atomic mass is 9.96. The molecule has 0 saturated heterocycles. The smallest absolute Gasteiger partial charge is 0.221 e. The van der Waals surface area contributed by atoms with Crippen molar-refractivity contribution in [2.45, 2.75) is 25.7 Å². The second-order valence-electron chi connectivity index (χ2n) is 4.22. The third-order valence-corrected chi connectivity index (χ3v) is 2.99. The lowest BCUT2D eigenvalue weighted by Crippen LogP contribution is -2.10. The number of hydrogen-bond donors (Lipinski definition) is 1. The molecule has 3 nitrogen and oxygen atoms in total. The number of amides is 1. The van der Waals surface area contributed by atoms with Crippen LogP contribution in [-0.2, 0) is 4.79 Å². The summed E-state index contributed by atoms with van der Waals surface area (Å²) in [4.78, 5) is 11.3. The van der Waals surface area contributed by atoms with Gasteiger partial charge in [-0.1, -0.05) is 24.3 Å². The molecular formula is C14H17NO2. The van der Waals surface area contributed by atoms with Gasteiger partial charge in [0.25, 0.3) is 0 Å². The number of anilines is 1. The van der Waals surface area contributed by atoms with Crippen molar-refractivity contribution in [3.63, 3.8) is 0 Å². The van der Waals surface area contributed by atoms with E-state index in [1.54, 1.807) is 7.11 Å². The average Bonchev–Trinajstić information content (AvgIpc) is 2.82. The van der Waals surface area contributed by atoms with Gasteiger partial charge in [0.1, 0.15) is 5.75 Å². The van der Waals surface area contributed by atoms with E-state index < -0.39 is 0 Å². The molecule has 2 rings (SSSR count). The molecule has 1 aromatic carbocycles. The molecule has 0 spiro atoms. The van der Waals surface area contributed by atoms with Crippen LogP contribution in [0.15, 0.2) is 30.4 Å². The normalized spacial score (nSPS) is 18.1. The van der Waals surface area contributed by atoms with Crippen LogP contribution in [0.4, 0.5) is 5.69 Å². The van der Waals surface area contributed by atoms with Gasteiger partial charge in [0.15, 0.2) is 0 Å². The number of ether oxygens (including phenoxy) is 1. The molecular weight excluding hydrogens is 214 g/mol. The zero-order valence-corrected chi connectivity index (χ0v) is 10.2. The highest BCUT2D eigenvalue weighted by atomic mass is 16.5. The molecule has 1 N–H and O–H groups in total. The standard InChI is InChI=1S/C14H17NO2/c1-10(16)15-14-12(11-6-3-4-7-11)8-5-9-13(14)17-2/h3,5-6,8-9,11H,4,7H2,1-2H3,(H,15,16). The number of para-hydroxylation sites is 1. The topological polar surface area (TPSA) is 38.3 Å². The second-order valence-corrected chi connectivity index (χ2v) is 4.22. The van der Waals surface area contributed by atoms with Crippen LogP contribution in [0, 0.1) is 0 Å². The van der Waals surface area contributed by atoms with Crippen LogP contribution in [0.2, 0.25) is 0 Å². The molecule has 0 bridgehead atoms. The fraction of sp³-hybridized carbons (Fsp3) is 0.357. The number of carbonyl (C=O) groups is 1. The molecule has 1 amide bonds. The fourth-order valence-corrected chi connectivity index (χ4v) is 2.23. The molecule has 0 heterocycles. The summed E-state index contributed by atoms with van der Waals surface area (Å²) in [6.45, 7) is 1.51. The minimum atomic E-state index is -0.0715. The van der Waals surface area contributed by atoms with Gasteiger partial charge in [0, 0.05) is 12.8 Å². The molecule has 1 aromatic rings. The molecule has 0 radical (unpaired) electrons. The molecule has 17 heavy (non-hydrogen) atoms. The Bertz CT molecular complexity index is 452. The van der Waals surface area contributed by atoms with E-state index in [2.05, 4.69) is 17.5 Å². The van der Waals surface area contributed by atoms with Crippen LogP contribution in [-0.4, -0.2) is 13.0 Å². The largest absolute Gasteiger partial charge is 0.495 e. The molecule has 1 aliphatic carbocycles. The van der Waals surface area contributed by atoms with Gasteiger partial charge >= 0.3 is 0 Å². The summed E-state index contributed by atoms with van der Waals surface area (Å²) in [7, 11) is 1.62. The number of benzene rings is 1. The third-order valence-electron chi connectivity index (χ3n) is 2.99. The first-order valence-corrected chi connectivity index (χ1v) is 5.83. The summed E-state index contributed by atoms with van der Waals surface area (Å²) < 4.78 is 5.31. The Kier molecular flexibility index (Phi) is 3.47. The van der Waals surface area contributed by atoms with Crippen molar-refractivity contribution < 1.29 is 9.53 Å². The van der Waals surface area contributed by atoms with Gasteiger partial charge in [0.05, 0.1) is 12.8 Å².